The van der Waals surface area contributed by atoms with Gasteiger partial charge in [0.05, 0.1) is 0 Å². The molecule has 1 aliphatic carbocycles. The predicted octanol–water partition coefficient (Wildman–Crippen LogP) is 6.98. The van der Waals surface area contributed by atoms with Gasteiger partial charge in [-0.1, -0.05) is 52.0 Å². The fraction of sp³-hybridized carbons (Fsp3) is 0.333. The third-order valence-electron chi connectivity index (χ3n) is 7.69. The number of phenols is 1. The van der Waals surface area contributed by atoms with E-state index in [1.165, 1.54) is 18.2 Å². The van der Waals surface area contributed by atoms with E-state index in [1.807, 2.05) is 26.2 Å². The molecule has 39 heavy (non-hydrogen) atoms. The van der Waals surface area contributed by atoms with Crippen LogP contribution in [0.5, 0.6) is 11.5 Å². The Balaban J connectivity index is 1.69. The number of aromatic hydroxyl groups is 1. The van der Waals surface area contributed by atoms with E-state index in [-0.39, 0.29) is 27.9 Å². The molecule has 6 nitrogen and oxygen atoms in total. The zero-order valence-electron chi connectivity index (χ0n) is 23.5. The van der Waals surface area contributed by atoms with Crippen LogP contribution in [0.3, 0.4) is 0 Å². The zero-order valence-corrected chi connectivity index (χ0v) is 23.5. The first kappa shape index (κ1) is 28.0. The van der Waals surface area contributed by atoms with Crippen LogP contribution in [0, 0.1) is 0 Å². The van der Waals surface area contributed by atoms with Gasteiger partial charge in [-0.2, -0.15) is 0 Å². The maximum Gasteiger partial charge on any atom is 0.339 e. The normalized spacial score (nSPS) is 15.5. The fourth-order valence-corrected chi connectivity index (χ4v) is 5.14. The molecule has 3 aromatic rings. The minimum absolute atomic E-state index is 0.101. The summed E-state index contributed by atoms with van der Waals surface area (Å²) in [5.41, 5.74) is 5.09. The van der Waals surface area contributed by atoms with Crippen LogP contribution in [0.15, 0.2) is 60.7 Å². The highest BCUT2D eigenvalue weighted by Crippen LogP contribution is 2.50. The lowest BCUT2D eigenvalue weighted by Gasteiger charge is -2.42. The third-order valence-corrected chi connectivity index (χ3v) is 7.69. The van der Waals surface area contributed by atoms with E-state index < -0.39 is 5.97 Å². The molecule has 0 radical (unpaired) electrons. The Morgan fingerprint density at radius 2 is 1.62 bits per heavy atom. The molecule has 0 aromatic heterocycles. The Labute approximate surface area is 230 Å². The van der Waals surface area contributed by atoms with Gasteiger partial charge < -0.3 is 19.8 Å². The summed E-state index contributed by atoms with van der Waals surface area (Å²) >= 11 is 0. The summed E-state index contributed by atoms with van der Waals surface area (Å²) in [6, 6.07) is 16.3. The third kappa shape index (κ3) is 6.00. The summed E-state index contributed by atoms with van der Waals surface area (Å²) in [5, 5.41) is 19.1. The van der Waals surface area contributed by atoms with E-state index in [2.05, 4.69) is 56.9 Å². The number of fused-ring (bicyclic) bond motifs is 1. The summed E-state index contributed by atoms with van der Waals surface area (Å²) in [7, 11) is 4.01. The van der Waals surface area contributed by atoms with Crippen molar-refractivity contribution in [1.29, 1.82) is 0 Å². The molecule has 4 rings (SSSR count). The highest BCUT2D eigenvalue weighted by atomic mass is 16.5. The number of anilines is 1. The number of nitrogens with zero attached hydrogens (tertiary/aromatic N) is 1. The lowest BCUT2D eigenvalue weighted by Crippen LogP contribution is -2.34. The Hall–Kier alpha value is -4.06. The van der Waals surface area contributed by atoms with Crippen LogP contribution in [0.2, 0.25) is 0 Å². The molecule has 0 unspecified atom stereocenters. The maximum absolute atomic E-state index is 13.4. The monoisotopic (exact) mass is 527 g/mol. The number of carboxylic acids is 1. The highest BCUT2D eigenvalue weighted by molar-refractivity contribution is 6.07. The minimum Gasteiger partial charge on any atom is -0.507 e. The number of hydrogen-bond donors (Lipinski definition) is 2. The Morgan fingerprint density at radius 3 is 2.23 bits per heavy atom. The second kappa shape index (κ2) is 10.6. The Kier molecular flexibility index (Phi) is 7.60. The van der Waals surface area contributed by atoms with Crippen molar-refractivity contribution < 1.29 is 24.5 Å². The molecular formula is C33H37NO5. The van der Waals surface area contributed by atoms with Gasteiger partial charge in [0.1, 0.15) is 23.7 Å². The van der Waals surface area contributed by atoms with Crippen molar-refractivity contribution in [3.8, 4) is 11.5 Å². The molecule has 0 heterocycles. The molecule has 0 fully saturated rings. The fourth-order valence-electron chi connectivity index (χ4n) is 5.14. The standard InChI is InChI=1S/C33H37NO5/c1-32(2)15-16-33(3,4)30-26(32)18-23(19-29(30)39-20-22-7-11-24(12-8-22)34(5)6)27(35)14-10-21-9-13-25(31(37)38)28(36)17-21/h7-14,17-19,36H,15-16,20H2,1-6H3,(H,37,38). The summed E-state index contributed by atoms with van der Waals surface area (Å²) in [4.78, 5) is 26.6. The molecule has 0 amide bonds. The van der Waals surface area contributed by atoms with Gasteiger partial charge in [-0.05, 0) is 82.8 Å². The van der Waals surface area contributed by atoms with Crippen LogP contribution in [0.25, 0.3) is 6.08 Å². The molecule has 2 N–H and O–H groups in total. The van der Waals surface area contributed by atoms with E-state index in [4.69, 9.17) is 9.84 Å². The summed E-state index contributed by atoms with van der Waals surface area (Å²) in [5.74, 6) is -1.02. The number of carboxylic acid groups (broad SMARTS) is 1. The maximum atomic E-state index is 13.4. The van der Waals surface area contributed by atoms with E-state index in [0.29, 0.717) is 17.7 Å². The first-order valence-electron chi connectivity index (χ1n) is 13.2. The number of hydrogen-bond acceptors (Lipinski definition) is 5. The van der Waals surface area contributed by atoms with Crippen LogP contribution >= 0.6 is 0 Å². The molecule has 3 aromatic carbocycles. The van der Waals surface area contributed by atoms with E-state index in [1.54, 1.807) is 12.1 Å². The number of benzene rings is 3. The van der Waals surface area contributed by atoms with Gasteiger partial charge in [0.2, 0.25) is 0 Å². The van der Waals surface area contributed by atoms with E-state index >= 15 is 0 Å². The minimum atomic E-state index is -1.21. The van der Waals surface area contributed by atoms with Crippen molar-refractivity contribution in [3.63, 3.8) is 0 Å². The highest BCUT2D eigenvalue weighted by Gasteiger charge is 2.40. The van der Waals surface area contributed by atoms with Gasteiger partial charge in [0, 0.05) is 30.9 Å². The van der Waals surface area contributed by atoms with Gasteiger partial charge in [0.15, 0.2) is 5.78 Å². The number of ketones is 1. The van der Waals surface area contributed by atoms with Crippen molar-refractivity contribution in [2.24, 2.45) is 0 Å². The van der Waals surface area contributed by atoms with Gasteiger partial charge in [-0.3, -0.25) is 4.79 Å². The Morgan fingerprint density at radius 1 is 0.949 bits per heavy atom. The van der Waals surface area contributed by atoms with Crippen molar-refractivity contribution in [2.45, 2.75) is 58.0 Å². The molecule has 0 saturated heterocycles. The van der Waals surface area contributed by atoms with Crippen LogP contribution in [-0.4, -0.2) is 36.1 Å². The first-order chi connectivity index (χ1) is 18.3. The molecule has 0 atom stereocenters. The molecule has 0 saturated carbocycles. The molecule has 6 heteroatoms. The van der Waals surface area contributed by atoms with Gasteiger partial charge >= 0.3 is 5.97 Å². The Bertz CT molecular complexity index is 1430. The largest absolute Gasteiger partial charge is 0.507 e. The topological polar surface area (TPSA) is 87.1 Å². The lowest BCUT2D eigenvalue weighted by atomic mass is 9.62. The molecule has 0 aliphatic heterocycles. The average molecular weight is 528 g/mol. The van der Waals surface area contributed by atoms with E-state index in [0.717, 1.165) is 41.0 Å². The number of ether oxygens (including phenoxy) is 1. The van der Waals surface area contributed by atoms with Crippen molar-refractivity contribution in [1.82, 2.24) is 0 Å². The number of allylic oxidation sites excluding steroid dienone is 1. The van der Waals surface area contributed by atoms with Crippen LogP contribution in [-0.2, 0) is 17.4 Å². The first-order valence-corrected chi connectivity index (χ1v) is 13.2. The van der Waals surface area contributed by atoms with Crippen LogP contribution in [0.1, 0.15) is 83.5 Å². The smallest absolute Gasteiger partial charge is 0.339 e. The number of carbonyl (C=O) groups excluding carboxylic acids is 1. The van der Waals surface area contributed by atoms with Crippen LogP contribution < -0.4 is 9.64 Å². The van der Waals surface area contributed by atoms with Crippen molar-refractivity contribution in [3.05, 3.63) is 94.1 Å². The second-order valence-electron chi connectivity index (χ2n) is 11.8. The molecular weight excluding hydrogens is 490 g/mol. The number of aromatic carboxylic acids is 1. The van der Waals surface area contributed by atoms with Crippen molar-refractivity contribution in [2.75, 3.05) is 19.0 Å². The lowest BCUT2D eigenvalue weighted by molar-refractivity contribution is 0.0693. The molecule has 204 valence electrons. The van der Waals surface area contributed by atoms with E-state index in [9.17, 15) is 14.7 Å². The zero-order chi connectivity index (χ0) is 28.5. The molecule has 0 bridgehead atoms. The molecule has 0 spiro atoms. The number of rotatable bonds is 8. The van der Waals surface area contributed by atoms with Gasteiger partial charge in [0.25, 0.3) is 0 Å². The summed E-state index contributed by atoms with van der Waals surface area (Å²) in [6.45, 7) is 9.27. The average Bonchev–Trinajstić information content (AvgIpc) is 2.88. The summed E-state index contributed by atoms with van der Waals surface area (Å²) in [6.07, 6.45) is 5.04. The van der Waals surface area contributed by atoms with Crippen molar-refractivity contribution >= 4 is 23.5 Å². The van der Waals surface area contributed by atoms with Crippen LogP contribution in [0.4, 0.5) is 5.69 Å². The second-order valence-corrected chi connectivity index (χ2v) is 11.8. The molecule has 1 aliphatic rings. The number of carbonyl (C=O) groups is 2. The van der Waals surface area contributed by atoms with Gasteiger partial charge in [-0.25, -0.2) is 4.79 Å². The quantitative estimate of drug-likeness (QED) is 0.243. The summed E-state index contributed by atoms with van der Waals surface area (Å²) < 4.78 is 6.45. The predicted molar refractivity (Wildman–Crippen MR) is 155 cm³/mol. The SMILES string of the molecule is CN(C)c1ccc(COc2cc(C(=O)C=Cc3ccc(C(=O)O)c(O)c3)cc3c2C(C)(C)CCC3(C)C)cc1. The van der Waals surface area contributed by atoms with Gasteiger partial charge in [-0.15, -0.1) is 0 Å².